The van der Waals surface area contributed by atoms with Crippen LogP contribution in [0.1, 0.15) is 12.5 Å². The van der Waals surface area contributed by atoms with Crippen LogP contribution in [0.4, 0.5) is 10.5 Å². The van der Waals surface area contributed by atoms with Gasteiger partial charge in [0.05, 0.1) is 31.3 Å². The Labute approximate surface area is 190 Å². The third-order valence-electron chi connectivity index (χ3n) is 4.47. The number of hydrogen-bond donors (Lipinski definition) is 0. The number of halogens is 1. The first-order chi connectivity index (χ1) is 15.2. The molecule has 0 spiro atoms. The van der Waals surface area contributed by atoms with Crippen molar-refractivity contribution in [1.82, 2.24) is 14.9 Å². The van der Waals surface area contributed by atoms with Gasteiger partial charge in [0.15, 0.2) is 0 Å². The summed E-state index contributed by atoms with van der Waals surface area (Å²) >= 11 is 5.89. The zero-order valence-electron chi connectivity index (χ0n) is 17.6. The molecule has 0 fully saturated rings. The largest absolute Gasteiger partial charge is 0.571 e. The van der Waals surface area contributed by atoms with Crippen LogP contribution in [0.5, 0.6) is 11.8 Å². The lowest BCUT2D eigenvalue weighted by Gasteiger charge is -2.26. The second-order valence-corrected chi connectivity index (χ2v) is 8.79. The molecule has 1 aliphatic rings. The first-order valence-corrected chi connectivity index (χ1v) is 11.3. The average Bonchev–Trinajstić information content (AvgIpc) is 2.92. The van der Waals surface area contributed by atoms with E-state index in [0.717, 1.165) is 0 Å². The first-order valence-electron chi connectivity index (χ1n) is 9.46. The molecule has 3 rings (SSSR count). The SMILES string of the molecule is COCCOC(=O)N1Cc2cc([N-]S(=O)(=O)c3cc(Cl)cnc3OC)cnc2OC[C@H]1C. The molecule has 0 saturated heterocycles. The van der Waals surface area contributed by atoms with E-state index >= 15 is 0 Å². The maximum Gasteiger partial charge on any atom is 0.410 e. The summed E-state index contributed by atoms with van der Waals surface area (Å²) in [6, 6.07) is 2.38. The Morgan fingerprint density at radius 3 is 2.78 bits per heavy atom. The molecule has 174 valence electrons. The Morgan fingerprint density at radius 1 is 1.28 bits per heavy atom. The molecule has 0 bridgehead atoms. The van der Waals surface area contributed by atoms with Crippen LogP contribution in [0.25, 0.3) is 4.72 Å². The van der Waals surface area contributed by atoms with E-state index < -0.39 is 16.1 Å². The Bertz CT molecular complexity index is 1080. The van der Waals surface area contributed by atoms with Crippen molar-refractivity contribution in [3.63, 3.8) is 0 Å². The van der Waals surface area contributed by atoms with E-state index in [-0.39, 0.29) is 59.8 Å². The summed E-state index contributed by atoms with van der Waals surface area (Å²) < 4.78 is 50.3. The molecule has 0 aliphatic carbocycles. The lowest BCUT2D eigenvalue weighted by Crippen LogP contribution is -2.40. The summed E-state index contributed by atoms with van der Waals surface area (Å²) in [6.45, 7) is 2.47. The molecule has 1 amide bonds. The van der Waals surface area contributed by atoms with Crippen molar-refractivity contribution in [2.24, 2.45) is 0 Å². The third kappa shape index (κ3) is 5.50. The minimum absolute atomic E-state index is 0.0385. The van der Waals surface area contributed by atoms with E-state index in [1.165, 1.54) is 43.6 Å². The molecular formula is C19H22ClN4O7S-. The Morgan fingerprint density at radius 2 is 2.06 bits per heavy atom. The molecule has 3 heterocycles. The van der Waals surface area contributed by atoms with Gasteiger partial charge >= 0.3 is 6.09 Å². The van der Waals surface area contributed by atoms with Crippen molar-refractivity contribution in [2.75, 3.05) is 34.0 Å². The maximum absolute atomic E-state index is 12.8. The summed E-state index contributed by atoms with van der Waals surface area (Å²) in [7, 11) is -1.42. The number of rotatable bonds is 7. The molecule has 1 aliphatic heterocycles. The second kappa shape index (κ2) is 10.2. The number of carbonyl (C=O) groups excluding carboxylic acids is 1. The van der Waals surface area contributed by atoms with Crippen LogP contribution >= 0.6 is 11.6 Å². The quantitative estimate of drug-likeness (QED) is 0.543. The minimum Gasteiger partial charge on any atom is -0.571 e. The van der Waals surface area contributed by atoms with Crippen molar-refractivity contribution in [3.8, 4) is 11.8 Å². The van der Waals surface area contributed by atoms with Gasteiger partial charge in [0.2, 0.25) is 11.8 Å². The summed E-state index contributed by atoms with van der Waals surface area (Å²) in [5.74, 6) is 0.144. The Hall–Kier alpha value is -2.83. The Kier molecular flexibility index (Phi) is 7.59. The molecule has 0 radical (unpaired) electrons. The Balaban J connectivity index is 1.84. The number of aromatic nitrogens is 2. The number of fused-ring (bicyclic) bond motifs is 1. The first kappa shape index (κ1) is 23.8. The fourth-order valence-electron chi connectivity index (χ4n) is 2.88. The number of pyridine rings is 2. The van der Waals surface area contributed by atoms with E-state index in [2.05, 4.69) is 14.7 Å². The average molecular weight is 486 g/mol. The second-order valence-electron chi connectivity index (χ2n) is 6.78. The lowest BCUT2D eigenvalue weighted by molar-refractivity contribution is 0.0567. The van der Waals surface area contributed by atoms with Crippen LogP contribution < -0.4 is 9.47 Å². The molecular weight excluding hydrogens is 464 g/mol. The van der Waals surface area contributed by atoms with Gasteiger partial charge in [-0.05, 0) is 13.0 Å². The lowest BCUT2D eigenvalue weighted by atomic mass is 10.2. The van der Waals surface area contributed by atoms with Crippen molar-refractivity contribution in [2.45, 2.75) is 24.4 Å². The molecule has 32 heavy (non-hydrogen) atoms. The maximum atomic E-state index is 12.8. The smallest absolute Gasteiger partial charge is 0.410 e. The van der Waals surface area contributed by atoms with E-state index in [9.17, 15) is 13.2 Å². The number of nitrogens with zero attached hydrogens (tertiary/aromatic N) is 4. The van der Waals surface area contributed by atoms with Gasteiger partial charge in [-0.2, -0.15) is 0 Å². The molecule has 2 aromatic rings. The van der Waals surface area contributed by atoms with Gasteiger partial charge in [-0.15, -0.1) is 5.69 Å². The normalized spacial score (nSPS) is 15.9. The highest BCUT2D eigenvalue weighted by molar-refractivity contribution is 7.94. The summed E-state index contributed by atoms with van der Waals surface area (Å²) in [5.41, 5.74) is 0.516. The highest BCUT2D eigenvalue weighted by Crippen LogP contribution is 2.35. The number of ether oxygens (including phenoxy) is 4. The van der Waals surface area contributed by atoms with Gasteiger partial charge in [-0.25, -0.2) is 23.2 Å². The topological polar surface area (TPSA) is 131 Å². The molecule has 11 nitrogen and oxygen atoms in total. The van der Waals surface area contributed by atoms with Crippen molar-refractivity contribution in [1.29, 1.82) is 0 Å². The van der Waals surface area contributed by atoms with Crippen LogP contribution in [0.15, 0.2) is 29.4 Å². The highest BCUT2D eigenvalue weighted by Gasteiger charge is 2.27. The molecule has 13 heteroatoms. The van der Waals surface area contributed by atoms with Crippen LogP contribution in [-0.2, 0) is 26.0 Å². The zero-order chi connectivity index (χ0) is 23.3. The summed E-state index contributed by atoms with van der Waals surface area (Å²) in [6.07, 6.45) is 1.98. The third-order valence-corrected chi connectivity index (χ3v) is 5.98. The van der Waals surface area contributed by atoms with Crippen molar-refractivity contribution < 1.29 is 32.2 Å². The highest BCUT2D eigenvalue weighted by atomic mass is 35.5. The standard InChI is InChI=1S/C19H22ClN4O7S/c1-12-11-31-17-13(10-24(12)19(25)30-5-4-28-2)6-15(9-22-17)23-32(26,27)16-7-14(20)8-21-18(16)29-3/h6-9,12H,4-5,10-11H2,1-3H3/q-1/t12-/m1/s1. The number of hydrogen-bond acceptors (Lipinski definition) is 9. The molecule has 0 aromatic carbocycles. The van der Waals surface area contributed by atoms with Crippen LogP contribution in [-0.4, -0.2) is 69.5 Å². The molecule has 1 atom stereocenters. The fourth-order valence-corrected chi connectivity index (χ4v) is 4.21. The van der Waals surface area contributed by atoms with E-state index in [4.69, 9.17) is 30.5 Å². The number of carbonyl (C=O) groups is 1. The van der Waals surface area contributed by atoms with Gasteiger partial charge in [0, 0.05) is 25.1 Å². The predicted molar refractivity (Wildman–Crippen MR) is 114 cm³/mol. The van der Waals surface area contributed by atoms with Crippen LogP contribution in [0.3, 0.4) is 0 Å². The van der Waals surface area contributed by atoms with Crippen molar-refractivity contribution in [3.05, 3.63) is 39.8 Å². The molecule has 0 N–H and O–H groups in total. The van der Waals surface area contributed by atoms with Crippen LogP contribution in [0, 0.1) is 0 Å². The van der Waals surface area contributed by atoms with Gasteiger partial charge in [0.1, 0.15) is 28.1 Å². The molecule has 0 saturated carbocycles. The van der Waals surface area contributed by atoms with Crippen LogP contribution in [0.2, 0.25) is 5.02 Å². The summed E-state index contributed by atoms with van der Waals surface area (Å²) in [4.78, 5) is 21.7. The number of amides is 1. The van der Waals surface area contributed by atoms with Gasteiger partial charge in [-0.1, -0.05) is 17.7 Å². The number of sulfonamides is 1. The predicted octanol–water partition coefficient (Wildman–Crippen LogP) is 2.90. The van der Waals surface area contributed by atoms with Gasteiger partial charge in [0.25, 0.3) is 0 Å². The van der Waals surface area contributed by atoms with Crippen molar-refractivity contribution >= 4 is 33.4 Å². The fraction of sp³-hybridized carbons (Fsp3) is 0.421. The van der Waals surface area contributed by atoms with E-state index in [0.29, 0.717) is 5.56 Å². The van der Waals surface area contributed by atoms with Gasteiger partial charge < -0.3 is 23.7 Å². The summed E-state index contributed by atoms with van der Waals surface area (Å²) in [5, 5.41) is 0.115. The van der Waals surface area contributed by atoms with E-state index in [1.807, 2.05) is 0 Å². The molecule has 2 aromatic heterocycles. The minimum atomic E-state index is -4.22. The number of methoxy groups -OCH3 is 2. The monoisotopic (exact) mass is 485 g/mol. The van der Waals surface area contributed by atoms with E-state index in [1.54, 1.807) is 6.92 Å². The van der Waals surface area contributed by atoms with Gasteiger partial charge in [-0.3, -0.25) is 4.90 Å². The molecule has 0 unspecified atom stereocenters. The zero-order valence-corrected chi connectivity index (χ0v) is 19.2.